The lowest BCUT2D eigenvalue weighted by Gasteiger charge is -2.30. The highest BCUT2D eigenvalue weighted by molar-refractivity contribution is 5.91. The number of likely N-dealkylation sites (tertiary alicyclic amines) is 1. The highest BCUT2D eigenvalue weighted by atomic mass is 16.4. The predicted molar refractivity (Wildman–Crippen MR) is 92.2 cm³/mol. The fourth-order valence-corrected chi connectivity index (χ4v) is 2.93. The van der Waals surface area contributed by atoms with Gasteiger partial charge in [-0.25, -0.2) is 9.78 Å². The summed E-state index contributed by atoms with van der Waals surface area (Å²) in [4.78, 5) is 29.5. The number of piperidine rings is 1. The maximum atomic E-state index is 12.5. The second-order valence-corrected chi connectivity index (χ2v) is 6.33. The number of H-pyrrole nitrogens is 1. The minimum atomic E-state index is -0.851. The van der Waals surface area contributed by atoms with Gasteiger partial charge in [-0.2, -0.15) is 5.10 Å². The van der Waals surface area contributed by atoms with E-state index in [4.69, 9.17) is 5.11 Å². The van der Waals surface area contributed by atoms with Crippen LogP contribution < -0.4 is 5.32 Å². The predicted octanol–water partition coefficient (Wildman–Crippen LogP) is 2.42. The molecular formula is C17H21N5O3. The van der Waals surface area contributed by atoms with Crippen LogP contribution in [0, 0.1) is 19.8 Å². The van der Waals surface area contributed by atoms with Crippen molar-refractivity contribution in [3.63, 3.8) is 0 Å². The van der Waals surface area contributed by atoms with Gasteiger partial charge in [0.1, 0.15) is 5.82 Å². The Morgan fingerprint density at radius 3 is 2.84 bits per heavy atom. The van der Waals surface area contributed by atoms with Crippen LogP contribution in [0.2, 0.25) is 0 Å². The van der Waals surface area contributed by atoms with E-state index >= 15 is 0 Å². The average molecular weight is 343 g/mol. The Hall–Kier alpha value is -2.90. The lowest BCUT2D eigenvalue weighted by molar-refractivity contribution is -0.143. The number of carboxylic acid groups (broad SMARTS) is 1. The van der Waals surface area contributed by atoms with Crippen molar-refractivity contribution in [2.24, 2.45) is 5.92 Å². The van der Waals surface area contributed by atoms with E-state index in [1.165, 1.54) is 0 Å². The molecular weight excluding hydrogens is 322 g/mol. The number of carbonyl (C=O) groups excluding carboxylic acids is 1. The highest BCUT2D eigenvalue weighted by Crippen LogP contribution is 2.24. The van der Waals surface area contributed by atoms with Crippen molar-refractivity contribution in [3.05, 3.63) is 29.6 Å². The zero-order chi connectivity index (χ0) is 18.0. The van der Waals surface area contributed by atoms with E-state index in [-0.39, 0.29) is 12.6 Å². The SMILES string of the molecule is Cc1nc(-c2ccc(C)c(NC(=O)N3CCCC(C(=O)O)C3)c2)n[nH]1. The minimum absolute atomic E-state index is 0.236. The lowest BCUT2D eigenvalue weighted by Crippen LogP contribution is -2.44. The third-order valence-corrected chi connectivity index (χ3v) is 4.39. The fraction of sp³-hybridized carbons (Fsp3) is 0.412. The number of aryl methyl sites for hydroxylation is 2. The van der Waals surface area contributed by atoms with Crippen molar-refractivity contribution in [2.45, 2.75) is 26.7 Å². The molecule has 2 heterocycles. The van der Waals surface area contributed by atoms with Crippen LogP contribution in [0.25, 0.3) is 11.4 Å². The minimum Gasteiger partial charge on any atom is -0.481 e. The maximum Gasteiger partial charge on any atom is 0.321 e. The lowest BCUT2D eigenvalue weighted by atomic mass is 9.99. The van der Waals surface area contributed by atoms with Crippen molar-refractivity contribution in [1.82, 2.24) is 20.1 Å². The number of rotatable bonds is 3. The first-order valence-electron chi connectivity index (χ1n) is 8.23. The molecule has 0 bridgehead atoms. The fourth-order valence-electron chi connectivity index (χ4n) is 2.93. The average Bonchev–Trinajstić information content (AvgIpc) is 3.03. The topological polar surface area (TPSA) is 111 Å². The molecule has 0 aliphatic carbocycles. The number of hydrogen-bond donors (Lipinski definition) is 3. The van der Waals surface area contributed by atoms with Gasteiger partial charge in [0.25, 0.3) is 0 Å². The number of aliphatic carboxylic acids is 1. The van der Waals surface area contributed by atoms with E-state index in [0.717, 1.165) is 11.1 Å². The second-order valence-electron chi connectivity index (χ2n) is 6.33. The summed E-state index contributed by atoms with van der Waals surface area (Å²) in [7, 11) is 0. The van der Waals surface area contributed by atoms with Crippen LogP contribution in [0.3, 0.4) is 0 Å². The van der Waals surface area contributed by atoms with Gasteiger partial charge in [-0.15, -0.1) is 0 Å². The molecule has 0 saturated carbocycles. The molecule has 1 unspecified atom stereocenters. The number of aromatic amines is 1. The molecule has 132 valence electrons. The third-order valence-electron chi connectivity index (χ3n) is 4.39. The first-order chi connectivity index (χ1) is 11.9. The quantitative estimate of drug-likeness (QED) is 0.792. The Kier molecular flexibility index (Phi) is 4.69. The second kappa shape index (κ2) is 6.92. The molecule has 25 heavy (non-hydrogen) atoms. The van der Waals surface area contributed by atoms with Crippen molar-refractivity contribution in [1.29, 1.82) is 0 Å². The van der Waals surface area contributed by atoms with Crippen LogP contribution >= 0.6 is 0 Å². The summed E-state index contributed by atoms with van der Waals surface area (Å²) in [5, 5.41) is 19.0. The van der Waals surface area contributed by atoms with Gasteiger partial charge in [0, 0.05) is 24.3 Å². The number of carboxylic acids is 1. The monoisotopic (exact) mass is 343 g/mol. The Morgan fingerprint density at radius 2 is 2.16 bits per heavy atom. The van der Waals surface area contributed by atoms with Gasteiger partial charge in [-0.05, 0) is 38.3 Å². The number of nitrogens with zero attached hydrogens (tertiary/aromatic N) is 3. The Bertz CT molecular complexity index is 801. The van der Waals surface area contributed by atoms with Crippen molar-refractivity contribution in [3.8, 4) is 11.4 Å². The Morgan fingerprint density at radius 1 is 1.36 bits per heavy atom. The number of urea groups is 1. The summed E-state index contributed by atoms with van der Waals surface area (Å²) in [5.74, 6) is -0.0649. The molecule has 1 aromatic carbocycles. The molecule has 8 heteroatoms. The number of amides is 2. The standard InChI is InChI=1S/C17H21N5O3/c1-10-5-6-12(15-18-11(2)20-21-15)8-14(10)19-17(25)22-7-3-4-13(9-22)16(23)24/h5-6,8,13H,3-4,7,9H2,1-2H3,(H,19,25)(H,23,24)(H,18,20,21). The summed E-state index contributed by atoms with van der Waals surface area (Å²) >= 11 is 0. The normalized spacial score (nSPS) is 17.4. The van der Waals surface area contributed by atoms with E-state index in [2.05, 4.69) is 20.5 Å². The first kappa shape index (κ1) is 16.9. The molecule has 1 saturated heterocycles. The van der Waals surface area contributed by atoms with Crippen LogP contribution in [0.4, 0.5) is 10.5 Å². The molecule has 3 rings (SSSR count). The van der Waals surface area contributed by atoms with Gasteiger partial charge in [0.2, 0.25) is 0 Å². The maximum absolute atomic E-state index is 12.5. The van der Waals surface area contributed by atoms with Gasteiger partial charge in [0.05, 0.1) is 5.92 Å². The van der Waals surface area contributed by atoms with E-state index in [9.17, 15) is 9.59 Å². The number of benzene rings is 1. The summed E-state index contributed by atoms with van der Waals surface area (Å²) in [6.45, 7) is 4.52. The summed E-state index contributed by atoms with van der Waals surface area (Å²) in [6.07, 6.45) is 1.30. The number of anilines is 1. The van der Waals surface area contributed by atoms with E-state index in [1.54, 1.807) is 4.90 Å². The van der Waals surface area contributed by atoms with Gasteiger partial charge in [-0.3, -0.25) is 9.89 Å². The summed E-state index contributed by atoms with van der Waals surface area (Å²) in [5.41, 5.74) is 2.38. The molecule has 2 amide bonds. The Balaban J connectivity index is 1.75. The molecule has 0 radical (unpaired) electrons. The molecule has 1 aromatic heterocycles. The smallest absolute Gasteiger partial charge is 0.321 e. The third kappa shape index (κ3) is 3.78. The van der Waals surface area contributed by atoms with E-state index in [1.807, 2.05) is 32.0 Å². The van der Waals surface area contributed by atoms with Crippen LogP contribution in [0.5, 0.6) is 0 Å². The molecule has 1 aliphatic rings. The summed E-state index contributed by atoms with van der Waals surface area (Å²) < 4.78 is 0. The number of hydrogen-bond acceptors (Lipinski definition) is 4. The number of carbonyl (C=O) groups is 2. The molecule has 8 nitrogen and oxygen atoms in total. The van der Waals surface area contributed by atoms with Gasteiger partial charge in [-0.1, -0.05) is 12.1 Å². The molecule has 3 N–H and O–H groups in total. The highest BCUT2D eigenvalue weighted by Gasteiger charge is 2.28. The molecule has 1 aliphatic heterocycles. The zero-order valence-corrected chi connectivity index (χ0v) is 14.2. The summed E-state index contributed by atoms with van der Waals surface area (Å²) in [6, 6.07) is 5.34. The molecule has 2 aromatic rings. The van der Waals surface area contributed by atoms with Gasteiger partial charge >= 0.3 is 12.0 Å². The Labute approximate surface area is 145 Å². The van der Waals surface area contributed by atoms with Crippen molar-refractivity contribution < 1.29 is 14.7 Å². The first-order valence-corrected chi connectivity index (χ1v) is 8.23. The molecule has 0 spiro atoms. The number of aromatic nitrogens is 3. The van der Waals surface area contributed by atoms with Crippen LogP contribution in [-0.4, -0.2) is 50.3 Å². The van der Waals surface area contributed by atoms with Gasteiger partial charge < -0.3 is 15.3 Å². The van der Waals surface area contributed by atoms with Crippen molar-refractivity contribution >= 4 is 17.7 Å². The molecule has 1 fully saturated rings. The van der Waals surface area contributed by atoms with Crippen LogP contribution in [-0.2, 0) is 4.79 Å². The largest absolute Gasteiger partial charge is 0.481 e. The molecule has 1 atom stereocenters. The van der Waals surface area contributed by atoms with Crippen LogP contribution in [0.15, 0.2) is 18.2 Å². The van der Waals surface area contributed by atoms with E-state index < -0.39 is 11.9 Å². The van der Waals surface area contributed by atoms with Crippen molar-refractivity contribution in [2.75, 3.05) is 18.4 Å². The number of nitrogens with one attached hydrogen (secondary N) is 2. The zero-order valence-electron chi connectivity index (χ0n) is 14.2. The van der Waals surface area contributed by atoms with E-state index in [0.29, 0.717) is 36.7 Å². The van der Waals surface area contributed by atoms with Crippen LogP contribution in [0.1, 0.15) is 24.2 Å². The van der Waals surface area contributed by atoms with Gasteiger partial charge in [0.15, 0.2) is 5.82 Å².